The lowest BCUT2D eigenvalue weighted by Gasteiger charge is -2.10. The molecule has 0 aliphatic heterocycles. The molecule has 1 heterocycles. The molecule has 0 bridgehead atoms. The lowest BCUT2D eigenvalue weighted by atomic mass is 10.1. The van der Waals surface area contributed by atoms with Crippen molar-refractivity contribution in [2.75, 3.05) is 7.05 Å². The Morgan fingerprint density at radius 1 is 1.17 bits per heavy atom. The largest absolute Gasteiger partial charge is 0.491 e. The number of benzene rings is 2. The Balaban J connectivity index is 2.21. The fourth-order valence-corrected chi connectivity index (χ4v) is 2.69. The number of amides is 1. The highest BCUT2D eigenvalue weighted by Gasteiger charge is 2.18. The summed E-state index contributed by atoms with van der Waals surface area (Å²) in [5.74, 6) is 0.181. The topological polar surface area (TPSA) is 43.3 Å². The number of hydrogen-bond donors (Lipinski definition) is 1. The molecule has 3 rings (SSSR count). The fourth-order valence-electron chi connectivity index (χ4n) is 2.69. The van der Waals surface area contributed by atoms with Gasteiger partial charge in [-0.3, -0.25) is 4.79 Å². The second kappa shape index (κ2) is 6.35. The summed E-state index contributed by atoms with van der Waals surface area (Å²) in [7, 11) is 1.59. The summed E-state index contributed by atoms with van der Waals surface area (Å²) in [5, 5.41) is 4.37. The molecule has 0 fully saturated rings. The van der Waals surface area contributed by atoms with Crippen LogP contribution in [0, 0.1) is 5.82 Å². The summed E-state index contributed by atoms with van der Waals surface area (Å²) in [4.78, 5) is 12.4. The molecular weight excluding hydrogens is 307 g/mol. The van der Waals surface area contributed by atoms with Gasteiger partial charge in [0, 0.05) is 29.7 Å². The molecular formula is C19H19FN2O2. The quantitative estimate of drug-likeness (QED) is 0.790. The molecule has 1 N–H and O–H groups in total. The number of fused-ring (bicyclic) bond motifs is 1. The monoisotopic (exact) mass is 326 g/mol. The molecule has 0 atom stereocenters. The van der Waals surface area contributed by atoms with E-state index in [1.165, 1.54) is 12.1 Å². The average molecular weight is 326 g/mol. The predicted molar refractivity (Wildman–Crippen MR) is 92.4 cm³/mol. The maximum absolute atomic E-state index is 13.2. The van der Waals surface area contributed by atoms with Crippen LogP contribution in [0.15, 0.2) is 48.7 Å². The first-order valence-electron chi connectivity index (χ1n) is 7.79. The lowest BCUT2D eigenvalue weighted by Crippen LogP contribution is -2.21. The molecule has 2 aromatic carbocycles. The van der Waals surface area contributed by atoms with Crippen LogP contribution in [0.5, 0.6) is 5.75 Å². The standard InChI is InChI=1S/C19H19FN2O2/c1-12(2)24-16-9-4-13-11-22(15-7-5-14(20)6-8-15)18(17(13)10-16)19(23)21-3/h4-12H,1-3H3,(H,21,23). The Hall–Kier alpha value is -2.82. The van der Waals surface area contributed by atoms with Gasteiger partial charge in [-0.15, -0.1) is 0 Å². The number of carbonyl (C=O) groups excluding carboxylic acids is 1. The van der Waals surface area contributed by atoms with E-state index in [1.54, 1.807) is 23.7 Å². The van der Waals surface area contributed by atoms with Crippen molar-refractivity contribution >= 4 is 16.7 Å². The summed E-state index contributed by atoms with van der Waals surface area (Å²) >= 11 is 0. The Kier molecular flexibility index (Phi) is 4.25. The summed E-state index contributed by atoms with van der Waals surface area (Å²) < 4.78 is 20.7. The van der Waals surface area contributed by atoms with Crippen LogP contribution >= 0.6 is 0 Å². The van der Waals surface area contributed by atoms with Crippen molar-refractivity contribution in [1.82, 2.24) is 9.88 Å². The number of nitrogens with one attached hydrogen (secondary N) is 1. The van der Waals surface area contributed by atoms with E-state index < -0.39 is 0 Å². The molecule has 0 spiro atoms. The maximum Gasteiger partial charge on any atom is 0.268 e. The zero-order chi connectivity index (χ0) is 17.3. The van der Waals surface area contributed by atoms with Crippen molar-refractivity contribution in [2.45, 2.75) is 20.0 Å². The van der Waals surface area contributed by atoms with Crippen LogP contribution in [0.1, 0.15) is 24.3 Å². The van der Waals surface area contributed by atoms with Crippen molar-refractivity contribution < 1.29 is 13.9 Å². The first-order valence-corrected chi connectivity index (χ1v) is 7.79. The third-order valence-electron chi connectivity index (χ3n) is 3.71. The van der Waals surface area contributed by atoms with Crippen LogP contribution in [0.3, 0.4) is 0 Å². The van der Waals surface area contributed by atoms with E-state index in [0.717, 1.165) is 16.5 Å². The number of nitrogens with zero attached hydrogens (tertiary/aromatic N) is 1. The number of carbonyl (C=O) groups is 1. The van der Waals surface area contributed by atoms with Gasteiger partial charge in [-0.2, -0.15) is 0 Å². The average Bonchev–Trinajstić information content (AvgIpc) is 2.93. The Morgan fingerprint density at radius 3 is 2.50 bits per heavy atom. The molecule has 0 saturated carbocycles. The van der Waals surface area contributed by atoms with Gasteiger partial charge in [0.05, 0.1) is 6.10 Å². The SMILES string of the molecule is CNC(=O)c1c2cc(OC(C)C)ccc2cn1-c1ccc(F)cc1. The molecule has 4 nitrogen and oxygen atoms in total. The van der Waals surface area contributed by atoms with Crippen LogP contribution in [-0.2, 0) is 0 Å². The number of ether oxygens (including phenoxy) is 1. The highest BCUT2D eigenvalue weighted by molar-refractivity contribution is 6.07. The van der Waals surface area contributed by atoms with Crippen LogP contribution in [0.25, 0.3) is 16.5 Å². The molecule has 1 aromatic heterocycles. The minimum absolute atomic E-state index is 0.0464. The Bertz CT molecular complexity index is 882. The van der Waals surface area contributed by atoms with Gasteiger partial charge >= 0.3 is 0 Å². The van der Waals surface area contributed by atoms with E-state index in [-0.39, 0.29) is 17.8 Å². The van der Waals surface area contributed by atoms with E-state index in [1.807, 2.05) is 38.2 Å². The minimum atomic E-state index is -0.315. The minimum Gasteiger partial charge on any atom is -0.491 e. The Morgan fingerprint density at radius 2 is 1.88 bits per heavy atom. The zero-order valence-electron chi connectivity index (χ0n) is 13.8. The van der Waals surface area contributed by atoms with Crippen LogP contribution in [0.2, 0.25) is 0 Å². The molecule has 0 saturated heterocycles. The first-order chi connectivity index (χ1) is 11.5. The third kappa shape index (κ3) is 2.97. The number of aromatic nitrogens is 1. The van der Waals surface area contributed by atoms with Gasteiger partial charge in [-0.05, 0) is 56.3 Å². The lowest BCUT2D eigenvalue weighted by molar-refractivity contribution is 0.0958. The van der Waals surface area contributed by atoms with Gasteiger partial charge in [-0.25, -0.2) is 4.39 Å². The second-order valence-electron chi connectivity index (χ2n) is 5.82. The third-order valence-corrected chi connectivity index (χ3v) is 3.71. The molecule has 0 aliphatic carbocycles. The van der Waals surface area contributed by atoms with E-state index in [9.17, 15) is 9.18 Å². The van der Waals surface area contributed by atoms with Crippen LogP contribution in [-0.4, -0.2) is 23.6 Å². The predicted octanol–water partition coefficient (Wildman–Crippen LogP) is 3.92. The molecule has 3 aromatic rings. The van der Waals surface area contributed by atoms with E-state index in [0.29, 0.717) is 11.4 Å². The molecule has 0 radical (unpaired) electrons. The van der Waals surface area contributed by atoms with E-state index in [4.69, 9.17) is 4.74 Å². The van der Waals surface area contributed by atoms with Gasteiger partial charge in [0.1, 0.15) is 17.3 Å². The summed E-state index contributed by atoms with van der Waals surface area (Å²) in [6, 6.07) is 11.7. The van der Waals surface area contributed by atoms with Gasteiger partial charge in [0.15, 0.2) is 0 Å². The molecule has 1 amide bonds. The number of halogens is 1. The number of hydrogen-bond acceptors (Lipinski definition) is 2. The maximum atomic E-state index is 13.2. The van der Waals surface area contributed by atoms with Crippen molar-refractivity contribution in [3.63, 3.8) is 0 Å². The van der Waals surface area contributed by atoms with Gasteiger partial charge in [0.2, 0.25) is 0 Å². The van der Waals surface area contributed by atoms with Crippen LogP contribution in [0.4, 0.5) is 4.39 Å². The molecule has 5 heteroatoms. The highest BCUT2D eigenvalue weighted by atomic mass is 19.1. The summed E-state index contributed by atoms with van der Waals surface area (Å²) in [6.07, 6.45) is 1.91. The van der Waals surface area contributed by atoms with E-state index >= 15 is 0 Å². The fraction of sp³-hybridized carbons (Fsp3) is 0.211. The van der Waals surface area contributed by atoms with Crippen molar-refractivity contribution in [3.05, 3.63) is 60.2 Å². The zero-order valence-corrected chi connectivity index (χ0v) is 13.8. The van der Waals surface area contributed by atoms with Crippen molar-refractivity contribution in [1.29, 1.82) is 0 Å². The normalized spacial score (nSPS) is 11.0. The molecule has 0 unspecified atom stereocenters. The highest BCUT2D eigenvalue weighted by Crippen LogP contribution is 2.29. The smallest absolute Gasteiger partial charge is 0.268 e. The number of rotatable bonds is 4. The second-order valence-corrected chi connectivity index (χ2v) is 5.82. The van der Waals surface area contributed by atoms with Gasteiger partial charge < -0.3 is 14.6 Å². The van der Waals surface area contributed by atoms with Crippen LogP contribution < -0.4 is 10.1 Å². The van der Waals surface area contributed by atoms with Gasteiger partial charge in [0.25, 0.3) is 5.91 Å². The molecule has 0 aliphatic rings. The van der Waals surface area contributed by atoms with Crippen molar-refractivity contribution in [3.8, 4) is 11.4 Å². The Labute approximate surface area is 139 Å². The molecule has 24 heavy (non-hydrogen) atoms. The molecule has 124 valence electrons. The van der Waals surface area contributed by atoms with Crippen molar-refractivity contribution in [2.24, 2.45) is 0 Å². The first kappa shape index (κ1) is 16.1. The van der Waals surface area contributed by atoms with E-state index in [2.05, 4.69) is 5.32 Å². The summed E-state index contributed by atoms with van der Waals surface area (Å²) in [5.41, 5.74) is 1.21. The van der Waals surface area contributed by atoms with Gasteiger partial charge in [-0.1, -0.05) is 0 Å². The summed E-state index contributed by atoms with van der Waals surface area (Å²) in [6.45, 7) is 3.90.